The Bertz CT molecular complexity index is 1030. The number of ether oxygens (including phenoxy) is 2. The van der Waals surface area contributed by atoms with Gasteiger partial charge < -0.3 is 18.9 Å². The molecule has 3 aromatic rings. The standard InChI is InChI=1S/C24H29N3O4/c1-15(2)20-12-7-16(3)13-21(20)30-17(4)24(28)27(5)14-22-25-23(26-31-22)18-8-10-19(29-6)11-9-18/h7-13,15,17H,14H2,1-6H3. The Morgan fingerprint density at radius 1 is 1.13 bits per heavy atom. The number of nitrogens with zero attached hydrogens (tertiary/aromatic N) is 3. The van der Waals surface area contributed by atoms with Crippen LogP contribution in [-0.2, 0) is 11.3 Å². The summed E-state index contributed by atoms with van der Waals surface area (Å²) in [6.07, 6.45) is -0.645. The van der Waals surface area contributed by atoms with Crippen molar-refractivity contribution in [2.24, 2.45) is 0 Å². The van der Waals surface area contributed by atoms with Crippen molar-refractivity contribution in [2.45, 2.75) is 46.3 Å². The SMILES string of the molecule is COc1ccc(-c2noc(CN(C)C(=O)C(C)Oc3cc(C)ccc3C(C)C)n2)cc1. The molecule has 3 rings (SSSR count). The Hall–Kier alpha value is -3.35. The maximum Gasteiger partial charge on any atom is 0.263 e. The minimum absolute atomic E-state index is 0.166. The summed E-state index contributed by atoms with van der Waals surface area (Å²) in [7, 11) is 3.31. The third kappa shape index (κ3) is 5.42. The van der Waals surface area contributed by atoms with Crippen molar-refractivity contribution in [3.63, 3.8) is 0 Å². The molecule has 1 unspecified atom stereocenters. The van der Waals surface area contributed by atoms with Gasteiger partial charge in [-0.05, 0) is 61.2 Å². The van der Waals surface area contributed by atoms with Crippen molar-refractivity contribution in [2.75, 3.05) is 14.2 Å². The summed E-state index contributed by atoms with van der Waals surface area (Å²) in [5.41, 5.74) is 2.97. The van der Waals surface area contributed by atoms with Crippen molar-refractivity contribution < 1.29 is 18.8 Å². The fourth-order valence-corrected chi connectivity index (χ4v) is 3.23. The molecule has 2 aromatic carbocycles. The van der Waals surface area contributed by atoms with Crippen molar-refractivity contribution in [3.05, 3.63) is 59.5 Å². The first-order valence-electron chi connectivity index (χ1n) is 10.3. The number of amides is 1. The van der Waals surface area contributed by atoms with Gasteiger partial charge in [0, 0.05) is 12.6 Å². The number of aryl methyl sites for hydroxylation is 1. The molecule has 0 bridgehead atoms. The lowest BCUT2D eigenvalue weighted by Crippen LogP contribution is -2.37. The van der Waals surface area contributed by atoms with E-state index < -0.39 is 6.10 Å². The Morgan fingerprint density at radius 2 is 1.84 bits per heavy atom. The van der Waals surface area contributed by atoms with Gasteiger partial charge in [0.25, 0.3) is 5.91 Å². The Balaban J connectivity index is 1.65. The smallest absolute Gasteiger partial charge is 0.263 e. The molecule has 7 heteroatoms. The number of hydrogen-bond acceptors (Lipinski definition) is 6. The summed E-state index contributed by atoms with van der Waals surface area (Å²) < 4.78 is 16.5. The molecule has 7 nitrogen and oxygen atoms in total. The molecular formula is C24H29N3O4. The van der Waals surface area contributed by atoms with Crippen molar-refractivity contribution in [1.29, 1.82) is 0 Å². The van der Waals surface area contributed by atoms with Crippen LogP contribution >= 0.6 is 0 Å². The highest BCUT2D eigenvalue weighted by atomic mass is 16.5. The third-order valence-electron chi connectivity index (χ3n) is 5.01. The van der Waals surface area contributed by atoms with Crippen molar-refractivity contribution in [1.82, 2.24) is 15.0 Å². The van der Waals surface area contributed by atoms with Gasteiger partial charge in [-0.15, -0.1) is 0 Å². The van der Waals surface area contributed by atoms with E-state index in [0.717, 1.165) is 28.2 Å². The molecule has 1 atom stereocenters. The van der Waals surface area contributed by atoms with Gasteiger partial charge in [-0.2, -0.15) is 4.98 Å². The van der Waals surface area contributed by atoms with Crippen LogP contribution in [0.4, 0.5) is 0 Å². The molecule has 0 saturated heterocycles. The average Bonchev–Trinajstić information content (AvgIpc) is 3.21. The first-order chi connectivity index (χ1) is 14.8. The van der Waals surface area contributed by atoms with Gasteiger partial charge in [-0.25, -0.2) is 0 Å². The van der Waals surface area contributed by atoms with Gasteiger partial charge in [0.1, 0.15) is 11.5 Å². The van der Waals surface area contributed by atoms with Crippen molar-refractivity contribution >= 4 is 5.91 Å². The van der Waals surface area contributed by atoms with Crippen LogP contribution in [0.2, 0.25) is 0 Å². The maximum atomic E-state index is 12.9. The molecule has 31 heavy (non-hydrogen) atoms. The topological polar surface area (TPSA) is 77.7 Å². The van der Waals surface area contributed by atoms with E-state index in [9.17, 15) is 4.79 Å². The maximum absolute atomic E-state index is 12.9. The van der Waals surface area contributed by atoms with E-state index in [-0.39, 0.29) is 12.5 Å². The lowest BCUT2D eigenvalue weighted by Gasteiger charge is -2.23. The molecule has 1 amide bonds. The van der Waals surface area contributed by atoms with Crippen LogP contribution in [0.1, 0.15) is 43.7 Å². The molecule has 164 valence electrons. The van der Waals surface area contributed by atoms with Crippen LogP contribution in [0.5, 0.6) is 11.5 Å². The number of rotatable bonds is 8. The van der Waals surface area contributed by atoms with Crippen LogP contribution in [0.15, 0.2) is 47.0 Å². The number of benzene rings is 2. The summed E-state index contributed by atoms with van der Waals surface area (Å²) in [6.45, 7) is 8.16. The monoisotopic (exact) mass is 423 g/mol. The molecule has 0 aliphatic carbocycles. The highest BCUT2D eigenvalue weighted by Crippen LogP contribution is 2.28. The quantitative estimate of drug-likeness (QED) is 0.527. The molecule has 0 fully saturated rings. The van der Waals surface area contributed by atoms with Gasteiger partial charge in [0.2, 0.25) is 11.7 Å². The Labute approximate surface area is 183 Å². The van der Waals surface area contributed by atoms with E-state index in [0.29, 0.717) is 17.6 Å². The summed E-state index contributed by atoms with van der Waals surface area (Å²) >= 11 is 0. The normalized spacial score (nSPS) is 12.0. The van der Waals surface area contributed by atoms with Gasteiger partial charge in [0.15, 0.2) is 6.10 Å². The van der Waals surface area contributed by atoms with E-state index in [1.54, 1.807) is 21.1 Å². The number of carbonyl (C=O) groups excluding carboxylic acids is 1. The number of methoxy groups -OCH3 is 1. The minimum atomic E-state index is -0.645. The Kier molecular flexibility index (Phi) is 6.95. The van der Waals surface area contributed by atoms with Gasteiger partial charge in [0.05, 0.1) is 13.7 Å². The molecule has 0 radical (unpaired) electrons. The van der Waals surface area contributed by atoms with E-state index >= 15 is 0 Å². The first-order valence-corrected chi connectivity index (χ1v) is 10.3. The number of hydrogen-bond donors (Lipinski definition) is 0. The number of aromatic nitrogens is 2. The largest absolute Gasteiger partial charge is 0.497 e. The van der Waals surface area contributed by atoms with E-state index in [4.69, 9.17) is 14.0 Å². The molecule has 1 aromatic heterocycles. The molecule has 0 aliphatic heterocycles. The summed E-state index contributed by atoms with van der Waals surface area (Å²) in [4.78, 5) is 18.8. The summed E-state index contributed by atoms with van der Waals surface area (Å²) in [5.74, 6) is 2.44. The van der Waals surface area contributed by atoms with Crippen LogP contribution in [0.3, 0.4) is 0 Å². The highest BCUT2D eigenvalue weighted by Gasteiger charge is 2.23. The van der Waals surface area contributed by atoms with Crippen LogP contribution in [0, 0.1) is 6.92 Å². The second kappa shape index (κ2) is 9.64. The van der Waals surface area contributed by atoms with E-state index in [2.05, 4.69) is 36.1 Å². The molecule has 0 aliphatic rings. The molecular weight excluding hydrogens is 394 g/mol. The highest BCUT2D eigenvalue weighted by molar-refractivity contribution is 5.80. The zero-order valence-corrected chi connectivity index (χ0v) is 18.9. The van der Waals surface area contributed by atoms with E-state index in [1.165, 1.54) is 4.90 Å². The average molecular weight is 424 g/mol. The van der Waals surface area contributed by atoms with Crippen LogP contribution < -0.4 is 9.47 Å². The molecule has 1 heterocycles. The molecule has 0 N–H and O–H groups in total. The number of likely N-dealkylation sites (N-methyl/N-ethyl adjacent to an activating group) is 1. The summed E-state index contributed by atoms with van der Waals surface area (Å²) in [5, 5.41) is 4.01. The van der Waals surface area contributed by atoms with Gasteiger partial charge in [-0.1, -0.05) is 31.1 Å². The van der Waals surface area contributed by atoms with Gasteiger partial charge >= 0.3 is 0 Å². The van der Waals surface area contributed by atoms with Crippen LogP contribution in [-0.4, -0.2) is 41.2 Å². The predicted molar refractivity (Wildman–Crippen MR) is 118 cm³/mol. The minimum Gasteiger partial charge on any atom is -0.497 e. The second-order valence-corrected chi connectivity index (χ2v) is 7.89. The molecule has 0 saturated carbocycles. The van der Waals surface area contributed by atoms with Crippen molar-refractivity contribution in [3.8, 4) is 22.9 Å². The number of carbonyl (C=O) groups is 1. The zero-order chi connectivity index (χ0) is 22.5. The fourth-order valence-electron chi connectivity index (χ4n) is 3.23. The fraction of sp³-hybridized carbons (Fsp3) is 0.375. The van der Waals surface area contributed by atoms with Gasteiger partial charge in [-0.3, -0.25) is 4.79 Å². The summed E-state index contributed by atoms with van der Waals surface area (Å²) in [6, 6.07) is 13.4. The predicted octanol–water partition coefficient (Wildman–Crippen LogP) is 4.60. The second-order valence-electron chi connectivity index (χ2n) is 7.89. The lowest BCUT2D eigenvalue weighted by molar-refractivity contribution is -0.137. The lowest BCUT2D eigenvalue weighted by atomic mass is 10.0. The molecule has 0 spiro atoms. The Morgan fingerprint density at radius 3 is 2.48 bits per heavy atom. The third-order valence-corrected chi connectivity index (χ3v) is 5.01. The van der Waals surface area contributed by atoms with E-state index in [1.807, 2.05) is 37.3 Å². The first kappa shape index (κ1) is 22.3. The zero-order valence-electron chi connectivity index (χ0n) is 18.9. The van der Waals surface area contributed by atoms with Crippen LogP contribution in [0.25, 0.3) is 11.4 Å².